The largest absolute Gasteiger partial charge is 0.503 e. The van der Waals surface area contributed by atoms with Crippen LogP contribution in [0, 0.1) is 0 Å². The standard InChI is InChI=1S/C21H19ClN2O5S/c1-3-24-19(26)17(11-12-9-15(22)18(25)16(10-12)29-4-2)30-21(24)23-14-7-5-13(6-8-14)20(27)28/h5-11,25H,3-4H2,1-2H3,(H,27,28). The van der Waals surface area contributed by atoms with Gasteiger partial charge in [-0.15, -0.1) is 0 Å². The molecule has 0 atom stereocenters. The molecule has 156 valence electrons. The number of carbonyl (C=O) groups is 2. The average molecular weight is 447 g/mol. The highest BCUT2D eigenvalue weighted by atomic mass is 35.5. The van der Waals surface area contributed by atoms with Crippen LogP contribution in [-0.4, -0.2) is 45.3 Å². The number of benzene rings is 2. The van der Waals surface area contributed by atoms with Crippen LogP contribution in [0.3, 0.4) is 0 Å². The van der Waals surface area contributed by atoms with Gasteiger partial charge in [-0.3, -0.25) is 9.69 Å². The van der Waals surface area contributed by atoms with E-state index in [1.165, 1.54) is 28.8 Å². The molecule has 1 heterocycles. The van der Waals surface area contributed by atoms with Gasteiger partial charge in [0.25, 0.3) is 5.91 Å². The molecule has 3 rings (SSSR count). The Morgan fingerprint density at radius 1 is 1.27 bits per heavy atom. The zero-order valence-corrected chi connectivity index (χ0v) is 17.8. The monoisotopic (exact) mass is 446 g/mol. The predicted molar refractivity (Wildman–Crippen MR) is 118 cm³/mol. The highest BCUT2D eigenvalue weighted by molar-refractivity contribution is 8.18. The second-order valence-electron chi connectivity index (χ2n) is 6.19. The van der Waals surface area contributed by atoms with Crippen LogP contribution >= 0.6 is 23.4 Å². The van der Waals surface area contributed by atoms with Gasteiger partial charge in [0.1, 0.15) is 0 Å². The lowest BCUT2D eigenvalue weighted by atomic mass is 10.2. The van der Waals surface area contributed by atoms with E-state index in [1.807, 2.05) is 6.92 Å². The van der Waals surface area contributed by atoms with E-state index in [1.54, 1.807) is 37.3 Å². The number of phenols is 1. The molecule has 0 aliphatic carbocycles. The van der Waals surface area contributed by atoms with Gasteiger partial charge in [-0.1, -0.05) is 11.6 Å². The van der Waals surface area contributed by atoms with Crippen LogP contribution in [0.25, 0.3) is 6.08 Å². The molecule has 9 heteroatoms. The zero-order valence-electron chi connectivity index (χ0n) is 16.3. The van der Waals surface area contributed by atoms with Gasteiger partial charge in [0, 0.05) is 6.54 Å². The van der Waals surface area contributed by atoms with Gasteiger partial charge in [-0.2, -0.15) is 0 Å². The van der Waals surface area contributed by atoms with Gasteiger partial charge in [0.15, 0.2) is 16.7 Å². The van der Waals surface area contributed by atoms with Crippen molar-refractivity contribution >= 4 is 52.2 Å². The summed E-state index contributed by atoms with van der Waals surface area (Å²) in [5, 5.41) is 19.6. The molecule has 2 aromatic rings. The summed E-state index contributed by atoms with van der Waals surface area (Å²) in [6, 6.07) is 9.27. The first kappa shape index (κ1) is 21.7. The molecule has 2 N–H and O–H groups in total. The van der Waals surface area contributed by atoms with Crippen molar-refractivity contribution in [2.75, 3.05) is 13.2 Å². The molecular weight excluding hydrogens is 428 g/mol. The van der Waals surface area contributed by atoms with E-state index in [9.17, 15) is 14.7 Å². The summed E-state index contributed by atoms with van der Waals surface area (Å²) in [5.41, 5.74) is 1.32. The number of ether oxygens (including phenoxy) is 1. The first-order valence-electron chi connectivity index (χ1n) is 9.12. The SMILES string of the molecule is CCOc1cc(C=C2SC(=Nc3ccc(C(=O)O)cc3)N(CC)C2=O)cc(Cl)c1O. The number of carboxylic acid groups (broad SMARTS) is 1. The number of hydrogen-bond donors (Lipinski definition) is 2. The number of amides is 1. The maximum Gasteiger partial charge on any atom is 0.335 e. The molecule has 7 nitrogen and oxygen atoms in total. The number of carbonyl (C=O) groups excluding carboxylic acids is 1. The number of rotatable bonds is 6. The van der Waals surface area contributed by atoms with Gasteiger partial charge in [0.05, 0.1) is 27.8 Å². The second-order valence-corrected chi connectivity index (χ2v) is 7.61. The fourth-order valence-corrected chi connectivity index (χ4v) is 4.03. The third-order valence-corrected chi connectivity index (χ3v) is 5.49. The Labute approximate surface area is 182 Å². The van der Waals surface area contributed by atoms with E-state index in [4.69, 9.17) is 21.4 Å². The number of amidine groups is 1. The summed E-state index contributed by atoms with van der Waals surface area (Å²) in [6.45, 7) is 4.42. The topological polar surface area (TPSA) is 99.4 Å². The van der Waals surface area contributed by atoms with Gasteiger partial charge >= 0.3 is 5.97 Å². The summed E-state index contributed by atoms with van der Waals surface area (Å²) in [5.74, 6) is -1.12. The number of aromatic hydroxyl groups is 1. The van der Waals surface area contributed by atoms with Crippen LogP contribution in [0.2, 0.25) is 5.02 Å². The third-order valence-electron chi connectivity index (χ3n) is 4.19. The molecule has 0 bridgehead atoms. The number of likely N-dealkylation sites (N-methyl/N-ethyl adjacent to an activating group) is 1. The molecule has 0 unspecified atom stereocenters. The fraction of sp³-hybridized carbons (Fsp3) is 0.190. The predicted octanol–water partition coefficient (Wildman–Crippen LogP) is 4.77. The Kier molecular flexibility index (Phi) is 6.69. The Bertz CT molecular complexity index is 1050. The Hall–Kier alpha value is -2.97. The minimum absolute atomic E-state index is 0.128. The quantitative estimate of drug-likeness (QED) is 0.620. The molecule has 1 aliphatic rings. The van der Waals surface area contributed by atoms with E-state index in [2.05, 4.69) is 4.99 Å². The van der Waals surface area contributed by atoms with Crippen LogP contribution in [0.5, 0.6) is 11.5 Å². The summed E-state index contributed by atoms with van der Waals surface area (Å²) < 4.78 is 5.39. The Balaban J connectivity index is 1.93. The Morgan fingerprint density at radius 3 is 2.57 bits per heavy atom. The molecule has 0 saturated carbocycles. The Morgan fingerprint density at radius 2 is 1.97 bits per heavy atom. The van der Waals surface area contributed by atoms with E-state index in [0.717, 1.165) is 0 Å². The summed E-state index contributed by atoms with van der Waals surface area (Å²) in [7, 11) is 0. The molecule has 30 heavy (non-hydrogen) atoms. The van der Waals surface area contributed by atoms with Crippen molar-refractivity contribution in [1.82, 2.24) is 4.90 Å². The van der Waals surface area contributed by atoms with Gasteiger partial charge < -0.3 is 14.9 Å². The number of halogens is 1. The normalized spacial score (nSPS) is 16.5. The molecule has 1 saturated heterocycles. The number of nitrogens with zero attached hydrogens (tertiary/aromatic N) is 2. The first-order chi connectivity index (χ1) is 14.3. The molecule has 1 amide bonds. The number of thioether (sulfide) groups is 1. The molecule has 0 spiro atoms. The van der Waals surface area contributed by atoms with Crippen LogP contribution in [-0.2, 0) is 4.79 Å². The minimum atomic E-state index is -1.01. The van der Waals surface area contributed by atoms with E-state index in [-0.39, 0.29) is 28.0 Å². The fourth-order valence-electron chi connectivity index (χ4n) is 2.75. The summed E-state index contributed by atoms with van der Waals surface area (Å²) in [6.07, 6.45) is 1.67. The highest BCUT2D eigenvalue weighted by Crippen LogP contribution is 2.38. The number of aromatic carboxylic acids is 1. The van der Waals surface area contributed by atoms with Crippen molar-refractivity contribution in [2.24, 2.45) is 4.99 Å². The van der Waals surface area contributed by atoms with Crippen molar-refractivity contribution in [2.45, 2.75) is 13.8 Å². The van der Waals surface area contributed by atoms with Crippen molar-refractivity contribution in [3.63, 3.8) is 0 Å². The highest BCUT2D eigenvalue weighted by Gasteiger charge is 2.32. The van der Waals surface area contributed by atoms with Crippen LogP contribution < -0.4 is 4.74 Å². The number of carboxylic acids is 1. The van der Waals surface area contributed by atoms with Crippen LogP contribution in [0.15, 0.2) is 46.3 Å². The zero-order chi connectivity index (χ0) is 21.8. The molecule has 0 aromatic heterocycles. The minimum Gasteiger partial charge on any atom is -0.503 e. The first-order valence-corrected chi connectivity index (χ1v) is 10.3. The van der Waals surface area contributed by atoms with Crippen molar-refractivity contribution < 1.29 is 24.5 Å². The number of phenolic OH excluding ortho intramolecular Hbond substituents is 1. The van der Waals surface area contributed by atoms with Gasteiger partial charge in [0.2, 0.25) is 0 Å². The van der Waals surface area contributed by atoms with Crippen molar-refractivity contribution in [3.8, 4) is 11.5 Å². The molecule has 1 fully saturated rings. The lowest BCUT2D eigenvalue weighted by molar-refractivity contribution is -0.122. The smallest absolute Gasteiger partial charge is 0.335 e. The second kappa shape index (κ2) is 9.23. The van der Waals surface area contributed by atoms with Crippen LogP contribution in [0.1, 0.15) is 29.8 Å². The maximum atomic E-state index is 12.8. The average Bonchev–Trinajstić information content (AvgIpc) is 3.00. The summed E-state index contributed by atoms with van der Waals surface area (Å²) >= 11 is 7.28. The van der Waals surface area contributed by atoms with E-state index in [0.29, 0.717) is 34.5 Å². The lowest BCUT2D eigenvalue weighted by Crippen LogP contribution is -2.28. The maximum absolute atomic E-state index is 12.8. The molecular formula is C21H19ClN2O5S. The van der Waals surface area contributed by atoms with E-state index < -0.39 is 5.97 Å². The number of hydrogen-bond acceptors (Lipinski definition) is 6. The van der Waals surface area contributed by atoms with Gasteiger partial charge in [-0.25, -0.2) is 9.79 Å². The lowest BCUT2D eigenvalue weighted by Gasteiger charge is -2.12. The summed E-state index contributed by atoms with van der Waals surface area (Å²) in [4.78, 5) is 30.3. The van der Waals surface area contributed by atoms with Gasteiger partial charge in [-0.05, 0) is 73.6 Å². The van der Waals surface area contributed by atoms with Crippen molar-refractivity contribution in [3.05, 3.63) is 57.5 Å². The van der Waals surface area contributed by atoms with E-state index >= 15 is 0 Å². The molecule has 2 aromatic carbocycles. The van der Waals surface area contributed by atoms with Crippen molar-refractivity contribution in [1.29, 1.82) is 0 Å². The molecule has 0 radical (unpaired) electrons. The number of aliphatic imine (C=N–C) groups is 1. The van der Waals surface area contributed by atoms with Crippen LogP contribution in [0.4, 0.5) is 5.69 Å². The molecule has 1 aliphatic heterocycles. The third kappa shape index (κ3) is 4.60.